The van der Waals surface area contributed by atoms with Crippen LogP contribution in [0.2, 0.25) is 5.02 Å². The summed E-state index contributed by atoms with van der Waals surface area (Å²) in [5, 5.41) is 7.76. The summed E-state index contributed by atoms with van der Waals surface area (Å²) in [4.78, 5) is 17.8. The Kier molecular flexibility index (Phi) is 8.82. The number of nitrogens with one attached hydrogen (secondary N) is 2. The molecule has 2 heterocycles. The Morgan fingerprint density at radius 1 is 1.36 bits per heavy atom. The molecule has 3 rings (SSSR count). The summed E-state index contributed by atoms with van der Waals surface area (Å²) in [6, 6.07) is 8.29. The number of carbonyl (C=O) groups excluding carboxylic acids is 1. The van der Waals surface area contributed by atoms with Crippen LogP contribution in [0.25, 0.3) is 0 Å². The van der Waals surface area contributed by atoms with Crippen molar-refractivity contribution in [1.82, 2.24) is 15.5 Å². The van der Waals surface area contributed by atoms with E-state index >= 15 is 0 Å². The molecule has 0 aromatic heterocycles. The number of amides is 1. The topological polar surface area (TPSA) is 66.0 Å². The molecular weight excluding hydrogens is 491 g/mol. The minimum absolute atomic E-state index is 0. The van der Waals surface area contributed by atoms with Gasteiger partial charge in [0, 0.05) is 63.3 Å². The van der Waals surface area contributed by atoms with Crippen LogP contribution in [-0.4, -0.2) is 63.2 Å². The summed E-state index contributed by atoms with van der Waals surface area (Å²) in [6.45, 7) is 2.90. The maximum Gasteiger partial charge on any atom is 0.222 e. The predicted octanol–water partition coefficient (Wildman–Crippen LogP) is 2.79. The Labute approximate surface area is 189 Å². The average Bonchev–Trinajstić information content (AvgIpc) is 2.69. The van der Waals surface area contributed by atoms with Crippen molar-refractivity contribution in [3.63, 3.8) is 0 Å². The van der Waals surface area contributed by atoms with Crippen LogP contribution in [0.3, 0.4) is 0 Å². The van der Waals surface area contributed by atoms with Crippen LogP contribution in [0, 0.1) is 0 Å². The fraction of sp³-hybridized carbons (Fsp3) is 0.600. The van der Waals surface area contributed by atoms with Gasteiger partial charge in [0.2, 0.25) is 5.91 Å². The van der Waals surface area contributed by atoms with Crippen LogP contribution < -0.4 is 10.6 Å². The van der Waals surface area contributed by atoms with E-state index in [9.17, 15) is 4.79 Å². The molecule has 28 heavy (non-hydrogen) atoms. The van der Waals surface area contributed by atoms with Gasteiger partial charge in [-0.25, -0.2) is 0 Å². The smallest absolute Gasteiger partial charge is 0.222 e. The van der Waals surface area contributed by atoms with Gasteiger partial charge in [0.15, 0.2) is 5.96 Å². The average molecular weight is 521 g/mol. The third kappa shape index (κ3) is 5.51. The first-order valence-corrected chi connectivity index (χ1v) is 9.96. The van der Waals surface area contributed by atoms with Crippen molar-refractivity contribution in [3.05, 3.63) is 34.9 Å². The molecule has 2 aliphatic rings. The molecular formula is C20H30ClIN4O2. The van der Waals surface area contributed by atoms with E-state index in [1.807, 2.05) is 25.2 Å². The molecule has 1 aromatic rings. The second-order valence-corrected chi connectivity index (χ2v) is 7.86. The number of likely N-dealkylation sites (N-methyl/N-ethyl adjacent to an activating group) is 1. The first-order chi connectivity index (χ1) is 13.0. The molecule has 2 N–H and O–H groups in total. The van der Waals surface area contributed by atoms with Crippen molar-refractivity contribution >= 4 is 47.4 Å². The van der Waals surface area contributed by atoms with E-state index in [0.29, 0.717) is 13.0 Å². The molecule has 0 spiro atoms. The minimum Gasteiger partial charge on any atom is -0.381 e. The number of hydrogen-bond donors (Lipinski definition) is 2. The Bertz CT molecular complexity index is 695. The second-order valence-electron chi connectivity index (χ2n) is 7.45. The summed E-state index contributed by atoms with van der Waals surface area (Å²) in [5.41, 5.74) is 1.09. The number of piperidine rings is 1. The minimum atomic E-state index is -0.0759. The van der Waals surface area contributed by atoms with E-state index in [0.717, 1.165) is 50.0 Å². The van der Waals surface area contributed by atoms with Gasteiger partial charge in [-0.05, 0) is 30.9 Å². The molecule has 0 saturated carbocycles. The number of rotatable bonds is 4. The van der Waals surface area contributed by atoms with Gasteiger partial charge in [-0.15, -0.1) is 24.0 Å². The van der Waals surface area contributed by atoms with Crippen molar-refractivity contribution in [2.45, 2.75) is 37.1 Å². The van der Waals surface area contributed by atoms with Gasteiger partial charge in [0.25, 0.3) is 0 Å². The maximum absolute atomic E-state index is 11.7. The third-order valence-electron chi connectivity index (χ3n) is 5.68. The van der Waals surface area contributed by atoms with Gasteiger partial charge in [0.05, 0.1) is 0 Å². The number of nitrogens with zero attached hydrogens (tertiary/aromatic N) is 2. The van der Waals surface area contributed by atoms with Crippen LogP contribution in [-0.2, 0) is 14.9 Å². The van der Waals surface area contributed by atoms with Gasteiger partial charge in [-0.1, -0.05) is 29.8 Å². The molecule has 6 nitrogen and oxygen atoms in total. The van der Waals surface area contributed by atoms with Gasteiger partial charge >= 0.3 is 0 Å². The second kappa shape index (κ2) is 10.6. The predicted molar refractivity (Wildman–Crippen MR) is 124 cm³/mol. The molecule has 0 bridgehead atoms. The standard InChI is InChI=1S/C20H29ClN4O2.HI/c1-22-19(24-15-7-8-18(26)25(2)13-15)23-14-20(9-11-27-12-10-20)16-5-3-4-6-17(16)21;/h3-6,15H,7-14H2,1-2H3,(H2,22,23,24);1H. The number of ether oxygens (including phenoxy) is 1. The summed E-state index contributed by atoms with van der Waals surface area (Å²) < 4.78 is 5.61. The Hall–Kier alpha value is -1.06. The SMILES string of the molecule is CN=C(NCC1(c2ccccc2Cl)CCOCC1)NC1CCC(=O)N(C)C1.I. The van der Waals surface area contributed by atoms with E-state index in [1.165, 1.54) is 5.56 Å². The molecule has 1 unspecified atom stereocenters. The molecule has 8 heteroatoms. The quantitative estimate of drug-likeness (QED) is 0.364. The normalized spacial score (nSPS) is 22.4. The van der Waals surface area contributed by atoms with Crippen molar-refractivity contribution in [1.29, 1.82) is 0 Å². The van der Waals surface area contributed by atoms with Gasteiger partial charge < -0.3 is 20.3 Å². The Morgan fingerprint density at radius 2 is 2.07 bits per heavy atom. The maximum atomic E-state index is 11.7. The Balaban J connectivity index is 0.00000280. The highest BCUT2D eigenvalue weighted by atomic mass is 127. The van der Waals surface area contributed by atoms with E-state index < -0.39 is 0 Å². The monoisotopic (exact) mass is 520 g/mol. The lowest BCUT2D eigenvalue weighted by atomic mass is 9.74. The Morgan fingerprint density at radius 3 is 2.71 bits per heavy atom. The molecule has 1 aromatic carbocycles. The van der Waals surface area contributed by atoms with E-state index in [2.05, 4.69) is 21.7 Å². The molecule has 2 aliphatic heterocycles. The summed E-state index contributed by atoms with van der Waals surface area (Å²) in [6.07, 6.45) is 3.24. The molecule has 0 radical (unpaired) electrons. The van der Waals surface area contributed by atoms with Crippen molar-refractivity contribution < 1.29 is 9.53 Å². The largest absolute Gasteiger partial charge is 0.381 e. The van der Waals surface area contributed by atoms with Crippen LogP contribution in [0.15, 0.2) is 29.3 Å². The number of benzene rings is 1. The fourth-order valence-electron chi connectivity index (χ4n) is 3.97. The molecule has 1 amide bonds. The highest BCUT2D eigenvalue weighted by Gasteiger charge is 2.36. The summed E-state index contributed by atoms with van der Waals surface area (Å²) in [7, 11) is 3.62. The van der Waals surface area contributed by atoms with Crippen LogP contribution in [0.5, 0.6) is 0 Å². The molecule has 2 fully saturated rings. The van der Waals surface area contributed by atoms with Gasteiger partial charge in [-0.3, -0.25) is 9.79 Å². The van der Waals surface area contributed by atoms with E-state index in [4.69, 9.17) is 16.3 Å². The van der Waals surface area contributed by atoms with Crippen LogP contribution >= 0.6 is 35.6 Å². The molecule has 1 atom stereocenters. The number of aliphatic imine (C=N–C) groups is 1. The zero-order valence-electron chi connectivity index (χ0n) is 16.5. The van der Waals surface area contributed by atoms with Crippen LogP contribution in [0.1, 0.15) is 31.2 Å². The summed E-state index contributed by atoms with van der Waals surface area (Å²) in [5.74, 6) is 0.969. The molecule has 2 saturated heterocycles. The number of carbonyl (C=O) groups is 1. The van der Waals surface area contributed by atoms with Crippen molar-refractivity contribution in [3.8, 4) is 0 Å². The first-order valence-electron chi connectivity index (χ1n) is 9.58. The highest BCUT2D eigenvalue weighted by molar-refractivity contribution is 14.0. The number of likely N-dealkylation sites (tertiary alicyclic amines) is 1. The lowest BCUT2D eigenvalue weighted by Gasteiger charge is -2.39. The third-order valence-corrected chi connectivity index (χ3v) is 6.01. The number of hydrogen-bond acceptors (Lipinski definition) is 3. The number of guanidine groups is 1. The zero-order valence-corrected chi connectivity index (χ0v) is 19.6. The number of halogens is 2. The first kappa shape index (κ1) is 23.2. The van der Waals surface area contributed by atoms with E-state index in [-0.39, 0.29) is 41.3 Å². The van der Waals surface area contributed by atoms with Crippen LogP contribution in [0.4, 0.5) is 0 Å². The lowest BCUT2D eigenvalue weighted by molar-refractivity contribution is -0.132. The fourth-order valence-corrected chi connectivity index (χ4v) is 4.30. The highest BCUT2D eigenvalue weighted by Crippen LogP contribution is 2.38. The van der Waals surface area contributed by atoms with E-state index in [1.54, 1.807) is 11.9 Å². The van der Waals surface area contributed by atoms with Gasteiger partial charge in [0.1, 0.15) is 0 Å². The lowest BCUT2D eigenvalue weighted by Crippen LogP contribution is -2.54. The molecule has 156 valence electrons. The molecule has 0 aliphatic carbocycles. The summed E-state index contributed by atoms with van der Waals surface area (Å²) >= 11 is 6.53. The van der Waals surface area contributed by atoms with Crippen molar-refractivity contribution in [2.75, 3.05) is 40.4 Å². The van der Waals surface area contributed by atoms with Gasteiger partial charge in [-0.2, -0.15) is 0 Å². The zero-order chi connectivity index (χ0) is 19.3. The van der Waals surface area contributed by atoms with Crippen molar-refractivity contribution in [2.24, 2.45) is 4.99 Å².